The van der Waals surface area contributed by atoms with Gasteiger partial charge in [0, 0.05) is 50.0 Å². The molecule has 5 nitrogen and oxygen atoms in total. The second-order valence-corrected chi connectivity index (χ2v) is 6.53. The number of nitrogens with zero attached hydrogens (tertiary/aromatic N) is 3. The molecule has 1 amide bonds. The maximum Gasteiger partial charge on any atom is 0.251 e. The Kier molecular flexibility index (Phi) is 6.01. The van der Waals surface area contributed by atoms with E-state index in [1.54, 1.807) is 24.5 Å². The SMILES string of the molecule is O=C(NCC1CCCN(CCCn2cccc2)C1)c1ccncc1. The van der Waals surface area contributed by atoms with Crippen molar-refractivity contribution in [3.05, 3.63) is 54.6 Å². The van der Waals surface area contributed by atoms with E-state index >= 15 is 0 Å². The first-order chi connectivity index (χ1) is 11.8. The first-order valence-electron chi connectivity index (χ1n) is 8.82. The number of aryl methyl sites for hydroxylation is 1. The van der Waals surface area contributed by atoms with Crippen LogP contribution in [0.5, 0.6) is 0 Å². The molecule has 3 heterocycles. The molecular weight excluding hydrogens is 300 g/mol. The van der Waals surface area contributed by atoms with Crippen LogP contribution >= 0.6 is 0 Å². The molecule has 2 aromatic heterocycles. The molecule has 1 aliphatic heterocycles. The van der Waals surface area contributed by atoms with E-state index in [4.69, 9.17) is 0 Å². The Morgan fingerprint density at radius 1 is 1.21 bits per heavy atom. The number of rotatable bonds is 7. The first kappa shape index (κ1) is 16.7. The highest BCUT2D eigenvalue weighted by Crippen LogP contribution is 2.16. The second kappa shape index (κ2) is 8.64. The van der Waals surface area contributed by atoms with Gasteiger partial charge in [-0.2, -0.15) is 0 Å². The lowest BCUT2D eigenvalue weighted by Gasteiger charge is -2.32. The third-order valence-corrected chi connectivity index (χ3v) is 4.65. The van der Waals surface area contributed by atoms with E-state index in [2.05, 4.69) is 44.3 Å². The van der Waals surface area contributed by atoms with Gasteiger partial charge in [0.25, 0.3) is 5.91 Å². The molecule has 0 bridgehead atoms. The minimum atomic E-state index is 0.00197. The van der Waals surface area contributed by atoms with Crippen LogP contribution in [0.25, 0.3) is 0 Å². The van der Waals surface area contributed by atoms with E-state index in [0.717, 1.165) is 26.2 Å². The van der Waals surface area contributed by atoms with Gasteiger partial charge in [-0.15, -0.1) is 0 Å². The molecule has 1 atom stereocenters. The fourth-order valence-corrected chi connectivity index (χ4v) is 3.36. The highest BCUT2D eigenvalue weighted by molar-refractivity contribution is 5.93. The molecule has 0 spiro atoms. The fourth-order valence-electron chi connectivity index (χ4n) is 3.36. The number of likely N-dealkylation sites (tertiary alicyclic amines) is 1. The fraction of sp³-hybridized carbons (Fsp3) is 0.474. The Morgan fingerprint density at radius 2 is 2.00 bits per heavy atom. The molecular formula is C19H26N4O. The van der Waals surface area contributed by atoms with Crippen molar-refractivity contribution >= 4 is 5.91 Å². The van der Waals surface area contributed by atoms with Gasteiger partial charge in [-0.05, 0) is 62.5 Å². The van der Waals surface area contributed by atoms with Crippen LogP contribution in [0, 0.1) is 5.92 Å². The number of aromatic nitrogens is 2. The maximum absolute atomic E-state index is 12.1. The normalized spacial score (nSPS) is 18.4. The Balaban J connectivity index is 1.38. The molecule has 1 fully saturated rings. The van der Waals surface area contributed by atoms with Crippen LogP contribution in [0.1, 0.15) is 29.6 Å². The van der Waals surface area contributed by atoms with Gasteiger partial charge in [-0.1, -0.05) is 0 Å². The summed E-state index contributed by atoms with van der Waals surface area (Å²) in [5, 5.41) is 3.07. The summed E-state index contributed by atoms with van der Waals surface area (Å²) in [7, 11) is 0. The first-order valence-corrected chi connectivity index (χ1v) is 8.82. The van der Waals surface area contributed by atoms with Crippen molar-refractivity contribution in [2.45, 2.75) is 25.8 Å². The molecule has 24 heavy (non-hydrogen) atoms. The van der Waals surface area contributed by atoms with Gasteiger partial charge in [-0.3, -0.25) is 9.78 Å². The number of piperidine rings is 1. The average Bonchev–Trinajstić information content (AvgIpc) is 3.14. The quantitative estimate of drug-likeness (QED) is 0.850. The zero-order chi connectivity index (χ0) is 16.6. The van der Waals surface area contributed by atoms with Crippen molar-refractivity contribution in [1.82, 2.24) is 19.8 Å². The van der Waals surface area contributed by atoms with Crippen LogP contribution in [-0.2, 0) is 6.54 Å². The topological polar surface area (TPSA) is 50.2 Å². The van der Waals surface area contributed by atoms with Crippen molar-refractivity contribution in [3.8, 4) is 0 Å². The Hall–Kier alpha value is -2.14. The van der Waals surface area contributed by atoms with Crippen molar-refractivity contribution in [3.63, 3.8) is 0 Å². The standard InChI is InChI=1S/C19H26N4O/c24-19(18-6-8-20-9-7-18)21-15-17-5-3-12-23(16-17)14-4-13-22-10-1-2-11-22/h1-2,6-11,17H,3-5,12-16H2,(H,21,24). The maximum atomic E-state index is 12.1. The van der Waals surface area contributed by atoms with Crippen LogP contribution in [0.2, 0.25) is 0 Å². The van der Waals surface area contributed by atoms with E-state index < -0.39 is 0 Å². The summed E-state index contributed by atoms with van der Waals surface area (Å²) in [6.45, 7) is 5.23. The lowest BCUT2D eigenvalue weighted by Crippen LogP contribution is -2.41. The predicted molar refractivity (Wildman–Crippen MR) is 94.8 cm³/mol. The molecule has 128 valence electrons. The van der Waals surface area contributed by atoms with Crippen LogP contribution in [0.4, 0.5) is 0 Å². The van der Waals surface area contributed by atoms with Gasteiger partial charge in [0.1, 0.15) is 0 Å². The van der Waals surface area contributed by atoms with E-state index in [1.165, 1.54) is 25.8 Å². The number of pyridine rings is 1. The van der Waals surface area contributed by atoms with E-state index in [-0.39, 0.29) is 5.91 Å². The van der Waals surface area contributed by atoms with Crippen LogP contribution in [0.15, 0.2) is 49.1 Å². The highest BCUT2D eigenvalue weighted by Gasteiger charge is 2.20. The molecule has 5 heteroatoms. The summed E-state index contributed by atoms with van der Waals surface area (Å²) in [5.41, 5.74) is 0.685. The molecule has 3 rings (SSSR count). The summed E-state index contributed by atoms with van der Waals surface area (Å²) in [4.78, 5) is 18.6. The Bertz CT molecular complexity index is 612. The number of carbonyl (C=O) groups is 1. The number of amides is 1. The average molecular weight is 326 g/mol. The van der Waals surface area contributed by atoms with Gasteiger partial charge < -0.3 is 14.8 Å². The van der Waals surface area contributed by atoms with Gasteiger partial charge in [0.15, 0.2) is 0 Å². The minimum Gasteiger partial charge on any atom is -0.354 e. The molecule has 0 saturated carbocycles. The predicted octanol–water partition coefficient (Wildman–Crippen LogP) is 2.42. The van der Waals surface area contributed by atoms with E-state index in [0.29, 0.717) is 11.5 Å². The lowest BCUT2D eigenvalue weighted by atomic mass is 9.97. The molecule has 0 radical (unpaired) electrons. The van der Waals surface area contributed by atoms with E-state index in [9.17, 15) is 4.79 Å². The zero-order valence-corrected chi connectivity index (χ0v) is 14.1. The van der Waals surface area contributed by atoms with Crippen LogP contribution in [0.3, 0.4) is 0 Å². The number of hydrogen-bond donors (Lipinski definition) is 1. The largest absolute Gasteiger partial charge is 0.354 e. The monoisotopic (exact) mass is 326 g/mol. The summed E-state index contributed by atoms with van der Waals surface area (Å²) in [6.07, 6.45) is 11.1. The minimum absolute atomic E-state index is 0.00197. The summed E-state index contributed by atoms with van der Waals surface area (Å²) < 4.78 is 2.23. The third kappa shape index (κ3) is 4.93. The zero-order valence-electron chi connectivity index (χ0n) is 14.1. The molecule has 1 unspecified atom stereocenters. The van der Waals surface area contributed by atoms with Crippen molar-refractivity contribution < 1.29 is 4.79 Å². The Morgan fingerprint density at radius 3 is 2.79 bits per heavy atom. The van der Waals surface area contributed by atoms with Crippen LogP contribution < -0.4 is 5.32 Å². The van der Waals surface area contributed by atoms with Gasteiger partial charge >= 0.3 is 0 Å². The van der Waals surface area contributed by atoms with Crippen molar-refractivity contribution in [2.24, 2.45) is 5.92 Å². The number of hydrogen-bond acceptors (Lipinski definition) is 3. The third-order valence-electron chi connectivity index (χ3n) is 4.65. The molecule has 1 aliphatic rings. The summed E-state index contributed by atoms with van der Waals surface area (Å²) >= 11 is 0. The lowest BCUT2D eigenvalue weighted by molar-refractivity contribution is 0.0932. The summed E-state index contributed by atoms with van der Waals surface area (Å²) in [6, 6.07) is 7.65. The van der Waals surface area contributed by atoms with Crippen LogP contribution in [-0.4, -0.2) is 46.5 Å². The van der Waals surface area contributed by atoms with Crippen molar-refractivity contribution in [2.75, 3.05) is 26.2 Å². The number of nitrogens with one attached hydrogen (secondary N) is 1. The van der Waals surface area contributed by atoms with Gasteiger partial charge in [-0.25, -0.2) is 0 Å². The number of carbonyl (C=O) groups excluding carboxylic acids is 1. The Labute approximate surface area is 143 Å². The molecule has 1 N–H and O–H groups in total. The molecule has 2 aromatic rings. The van der Waals surface area contributed by atoms with Gasteiger partial charge in [0.05, 0.1) is 0 Å². The summed E-state index contributed by atoms with van der Waals surface area (Å²) in [5.74, 6) is 0.554. The molecule has 1 saturated heterocycles. The second-order valence-electron chi connectivity index (χ2n) is 6.53. The molecule has 0 aromatic carbocycles. The highest BCUT2D eigenvalue weighted by atomic mass is 16.1. The van der Waals surface area contributed by atoms with Crippen molar-refractivity contribution in [1.29, 1.82) is 0 Å². The molecule has 0 aliphatic carbocycles. The van der Waals surface area contributed by atoms with E-state index in [1.807, 2.05) is 0 Å². The van der Waals surface area contributed by atoms with Gasteiger partial charge in [0.2, 0.25) is 0 Å². The smallest absolute Gasteiger partial charge is 0.251 e.